The summed E-state index contributed by atoms with van der Waals surface area (Å²) in [5.74, 6) is 0.430. The van der Waals surface area contributed by atoms with E-state index < -0.39 is 12.3 Å². The van der Waals surface area contributed by atoms with Crippen molar-refractivity contribution in [3.63, 3.8) is 0 Å². The van der Waals surface area contributed by atoms with Gasteiger partial charge in [0.05, 0.1) is 0 Å². The van der Waals surface area contributed by atoms with Crippen molar-refractivity contribution in [2.75, 3.05) is 24.6 Å². The van der Waals surface area contributed by atoms with Crippen molar-refractivity contribution < 1.29 is 14.2 Å². The third-order valence-electron chi connectivity index (χ3n) is 8.87. The Morgan fingerprint density at radius 2 is 2.00 bits per heavy atom. The molecule has 4 fully saturated rings. The first kappa shape index (κ1) is 25.5. The van der Waals surface area contributed by atoms with Gasteiger partial charge >= 0.3 is 233 Å². The maximum absolute atomic E-state index is 14.1. The molecular weight excluding hydrogens is 570 g/mol. The van der Waals surface area contributed by atoms with Crippen molar-refractivity contribution in [2.24, 2.45) is 5.41 Å². The second-order valence-electron chi connectivity index (χ2n) is 12.0. The molecule has 8 nitrogen and oxygen atoms in total. The molecule has 4 aliphatic rings. The summed E-state index contributed by atoms with van der Waals surface area (Å²) < 4.78 is 27.3. The molecule has 0 bridgehead atoms. The number of aliphatic hydroxyl groups is 1. The summed E-state index contributed by atoms with van der Waals surface area (Å²) in [6.45, 7) is 8.11. The fourth-order valence-electron chi connectivity index (χ4n) is 5.83. The molecule has 204 valence electrons. The van der Waals surface area contributed by atoms with Crippen molar-refractivity contribution in [3.8, 4) is 10.3 Å². The Morgan fingerprint density at radius 3 is 2.61 bits per heavy atom. The van der Waals surface area contributed by atoms with Gasteiger partial charge in [0.25, 0.3) is 0 Å². The third kappa shape index (κ3) is 4.43. The Morgan fingerprint density at radius 1 is 1.24 bits per heavy atom. The zero-order valence-electron chi connectivity index (χ0n) is 22.1. The van der Waals surface area contributed by atoms with Crippen LogP contribution in [0.4, 0.5) is 10.1 Å². The number of aromatic nitrogens is 4. The minimum absolute atomic E-state index is 0.105. The molecule has 3 aromatic rings. The van der Waals surface area contributed by atoms with Crippen LogP contribution in [0.25, 0.3) is 15.9 Å². The number of imidazole rings is 1. The third-order valence-corrected chi connectivity index (χ3v) is 12.2. The maximum atomic E-state index is 14.1. The number of piperidine rings is 1. The molecule has 0 radical (unpaired) electrons. The number of hydrogen-bond donors (Lipinski definition) is 2. The van der Waals surface area contributed by atoms with Crippen LogP contribution in [-0.4, -0.2) is 76.6 Å². The molecule has 1 spiro atoms. The number of alkyl halides is 1. The molecule has 3 atom stereocenters. The summed E-state index contributed by atoms with van der Waals surface area (Å²) in [7, 11) is 0. The van der Waals surface area contributed by atoms with Crippen LogP contribution in [0.5, 0.6) is 0 Å². The van der Waals surface area contributed by atoms with Gasteiger partial charge in [-0.3, -0.25) is 0 Å². The molecule has 2 N–H and O–H groups in total. The van der Waals surface area contributed by atoms with Gasteiger partial charge in [-0.05, 0) is 0 Å². The molecule has 3 aromatic heterocycles. The molecule has 2 aliphatic carbocycles. The molecule has 0 amide bonds. The fraction of sp³-hybridized carbons (Fsp3) is 0.667. The Balaban J connectivity index is 1.30. The van der Waals surface area contributed by atoms with Crippen LogP contribution in [0, 0.1) is 5.41 Å². The number of aliphatic hydroxyl groups excluding tert-OH is 1. The van der Waals surface area contributed by atoms with Gasteiger partial charge < -0.3 is 0 Å². The SMILES string of the molecule is CC(F)c1nnc(-c2c(C3CC3)nc3c(N4CCC5(CC4)COC(C)C5O)cc(SNC4(C)CC4)cn23)[se]1. The first-order chi connectivity index (χ1) is 18.3. The standard InChI is InChI=1S/C27H35FN6O2SSe/c1-15(28)24-30-31-25(38-24)21-20(17-4-5-17)29-23-19(12-18(13-34(21)23)37-32-26(3)6-7-26)33-10-8-27(9-11-33)14-36-16(2)22(27)35/h12-13,15-17,22,32,35H,4-11,14H2,1-3H3. The van der Waals surface area contributed by atoms with E-state index in [1.165, 1.54) is 12.8 Å². The summed E-state index contributed by atoms with van der Waals surface area (Å²) >= 11 is 1.44. The van der Waals surface area contributed by atoms with Crippen LogP contribution in [0.3, 0.4) is 0 Å². The molecule has 38 heavy (non-hydrogen) atoms. The van der Waals surface area contributed by atoms with Crippen LogP contribution < -0.4 is 9.62 Å². The van der Waals surface area contributed by atoms with Gasteiger partial charge in [0.1, 0.15) is 0 Å². The minimum atomic E-state index is -1.08. The predicted molar refractivity (Wildman–Crippen MR) is 147 cm³/mol. The summed E-state index contributed by atoms with van der Waals surface area (Å²) in [4.78, 5) is 8.81. The van der Waals surface area contributed by atoms with E-state index in [9.17, 15) is 9.50 Å². The van der Waals surface area contributed by atoms with Crippen molar-refractivity contribution in [1.82, 2.24) is 24.3 Å². The van der Waals surface area contributed by atoms with Gasteiger partial charge in [0.2, 0.25) is 0 Å². The number of ether oxygens (including phenoxy) is 1. The molecule has 11 heteroatoms. The molecule has 2 saturated carbocycles. The average Bonchev–Trinajstić information content (AvgIpc) is 3.78. The van der Waals surface area contributed by atoms with Gasteiger partial charge in [-0.1, -0.05) is 0 Å². The van der Waals surface area contributed by atoms with Gasteiger partial charge in [-0.15, -0.1) is 0 Å². The molecule has 3 unspecified atom stereocenters. The molecule has 5 heterocycles. The van der Waals surface area contributed by atoms with Crippen LogP contribution in [-0.2, 0) is 4.74 Å². The monoisotopic (exact) mass is 606 g/mol. The van der Waals surface area contributed by atoms with Gasteiger partial charge in [0, 0.05) is 0 Å². The number of halogens is 1. The summed E-state index contributed by atoms with van der Waals surface area (Å²) in [6, 6.07) is 2.27. The Labute approximate surface area is 232 Å². The van der Waals surface area contributed by atoms with Gasteiger partial charge in [-0.25, -0.2) is 0 Å². The van der Waals surface area contributed by atoms with Crippen molar-refractivity contribution in [2.45, 2.75) is 94.0 Å². The zero-order valence-corrected chi connectivity index (χ0v) is 24.6. The van der Waals surface area contributed by atoms with Crippen LogP contribution in [0.15, 0.2) is 17.2 Å². The quantitative estimate of drug-likeness (QED) is 0.305. The fourth-order valence-corrected chi connectivity index (χ4v) is 8.46. The van der Waals surface area contributed by atoms with Gasteiger partial charge in [0.15, 0.2) is 0 Å². The van der Waals surface area contributed by atoms with Crippen molar-refractivity contribution >= 4 is 37.8 Å². The van der Waals surface area contributed by atoms with Crippen LogP contribution in [0.2, 0.25) is 0 Å². The summed E-state index contributed by atoms with van der Waals surface area (Å²) in [6.07, 6.45) is 7.00. The zero-order chi connectivity index (χ0) is 26.2. The topological polar surface area (TPSA) is 87.8 Å². The number of hydrogen-bond acceptors (Lipinski definition) is 8. The van der Waals surface area contributed by atoms with Crippen LogP contribution >= 0.6 is 11.9 Å². The molecule has 2 aliphatic heterocycles. The number of pyridine rings is 1. The van der Waals surface area contributed by atoms with Crippen molar-refractivity contribution in [3.05, 3.63) is 22.5 Å². The van der Waals surface area contributed by atoms with Crippen LogP contribution in [0.1, 0.15) is 81.6 Å². The Hall–Kier alpha value is -1.49. The van der Waals surface area contributed by atoms with Gasteiger partial charge in [-0.2, -0.15) is 0 Å². The van der Waals surface area contributed by atoms with E-state index >= 15 is 0 Å². The van der Waals surface area contributed by atoms with E-state index in [0.717, 1.165) is 71.0 Å². The first-order valence-corrected chi connectivity index (χ1v) is 16.3. The molecule has 7 rings (SSSR count). The molecule has 0 aromatic carbocycles. The number of nitrogens with zero attached hydrogens (tertiary/aromatic N) is 5. The predicted octanol–water partition coefficient (Wildman–Crippen LogP) is 4.27. The second-order valence-corrected chi connectivity index (χ2v) is 15.0. The van der Waals surface area contributed by atoms with E-state index in [2.05, 4.69) is 43.4 Å². The molecular formula is C27H35FN6O2SSe. The van der Waals surface area contributed by atoms with E-state index in [0.29, 0.717) is 17.1 Å². The Kier molecular flexibility index (Phi) is 6.22. The number of anilines is 1. The van der Waals surface area contributed by atoms with E-state index in [1.807, 2.05) is 6.92 Å². The molecule has 2 saturated heterocycles. The average molecular weight is 606 g/mol. The second kappa shape index (κ2) is 9.28. The number of fused-ring (bicyclic) bond motifs is 1. The number of rotatable bonds is 7. The van der Waals surface area contributed by atoms with Crippen molar-refractivity contribution in [1.29, 1.82) is 0 Å². The summed E-state index contributed by atoms with van der Waals surface area (Å²) in [5, 5.41) is 19.6. The Bertz CT molecular complexity index is 1360. The number of nitrogens with one attached hydrogen (secondary N) is 1. The summed E-state index contributed by atoms with van der Waals surface area (Å²) in [5.41, 5.74) is 4.21. The van der Waals surface area contributed by atoms with E-state index in [-0.39, 0.29) is 31.6 Å². The van der Waals surface area contributed by atoms with E-state index in [4.69, 9.17) is 9.72 Å². The first-order valence-electron chi connectivity index (χ1n) is 13.8. The van der Waals surface area contributed by atoms with E-state index in [1.54, 1.807) is 18.9 Å². The normalized spacial score (nSPS) is 26.9.